The number of carbonyl (C=O) groups is 3. The van der Waals surface area contributed by atoms with Gasteiger partial charge in [-0.3, -0.25) is 24.2 Å². The average molecular weight is 606 g/mol. The summed E-state index contributed by atoms with van der Waals surface area (Å²) in [6.45, 7) is 2.86. The van der Waals surface area contributed by atoms with Crippen LogP contribution in [0, 0.1) is 17.1 Å². The number of nitrogens with one attached hydrogen (secondary N) is 1. The number of alkyl halides is 2. The molecule has 2 heterocycles. The van der Waals surface area contributed by atoms with Crippen LogP contribution in [-0.4, -0.2) is 45.8 Å². The third-order valence-electron chi connectivity index (χ3n) is 7.78. The van der Waals surface area contributed by atoms with Crippen molar-refractivity contribution in [3.8, 4) is 6.07 Å². The molecular formula is C32H30F3N5O4. The van der Waals surface area contributed by atoms with Crippen LogP contribution in [0.15, 0.2) is 66.9 Å². The summed E-state index contributed by atoms with van der Waals surface area (Å²) in [6, 6.07) is 12.9. The van der Waals surface area contributed by atoms with E-state index in [0.29, 0.717) is 5.56 Å². The lowest BCUT2D eigenvalue weighted by Gasteiger charge is -2.39. The number of anilines is 2. The van der Waals surface area contributed by atoms with E-state index >= 15 is 4.39 Å². The molecule has 1 aliphatic carbocycles. The molecule has 3 amide bonds. The lowest BCUT2D eigenvalue weighted by Crippen LogP contribution is -2.56. The zero-order chi connectivity index (χ0) is 31.8. The highest BCUT2D eigenvalue weighted by molar-refractivity contribution is 6.10. The van der Waals surface area contributed by atoms with Gasteiger partial charge >= 0.3 is 0 Å². The predicted octanol–water partition coefficient (Wildman–Crippen LogP) is 4.50. The number of carbonyl (C=O) groups excluding carboxylic acids is 3. The van der Waals surface area contributed by atoms with Crippen molar-refractivity contribution < 1.29 is 32.7 Å². The molecule has 5 rings (SSSR count). The molecule has 2 N–H and O–H groups in total. The third-order valence-corrected chi connectivity index (χ3v) is 7.78. The van der Waals surface area contributed by atoms with E-state index in [1.165, 1.54) is 38.2 Å². The van der Waals surface area contributed by atoms with Gasteiger partial charge in [0, 0.05) is 37.2 Å². The summed E-state index contributed by atoms with van der Waals surface area (Å²) in [4.78, 5) is 48.1. The van der Waals surface area contributed by atoms with Gasteiger partial charge in [0.05, 0.1) is 17.2 Å². The van der Waals surface area contributed by atoms with Gasteiger partial charge in [-0.2, -0.15) is 5.26 Å². The van der Waals surface area contributed by atoms with Gasteiger partial charge in [-0.15, -0.1) is 0 Å². The molecule has 1 aromatic heterocycles. The quantitative estimate of drug-likeness (QED) is 0.389. The molecule has 3 aromatic rings. The number of halogens is 3. The molecule has 0 bridgehead atoms. The van der Waals surface area contributed by atoms with E-state index in [1.807, 2.05) is 6.07 Å². The van der Waals surface area contributed by atoms with Crippen molar-refractivity contribution in [2.45, 2.75) is 69.2 Å². The van der Waals surface area contributed by atoms with Gasteiger partial charge in [0.1, 0.15) is 23.7 Å². The molecule has 1 saturated heterocycles. The molecule has 12 heteroatoms. The molecule has 1 saturated carbocycles. The molecule has 44 heavy (non-hydrogen) atoms. The Morgan fingerprint density at radius 2 is 1.86 bits per heavy atom. The zero-order valence-corrected chi connectivity index (χ0v) is 24.0. The van der Waals surface area contributed by atoms with Gasteiger partial charge in [-0.1, -0.05) is 30.3 Å². The van der Waals surface area contributed by atoms with Crippen molar-refractivity contribution in [2.24, 2.45) is 0 Å². The van der Waals surface area contributed by atoms with Crippen LogP contribution in [0.2, 0.25) is 0 Å². The number of nitrogens with zero attached hydrogens (tertiary/aromatic N) is 4. The first-order valence-electron chi connectivity index (χ1n) is 14.1. The summed E-state index contributed by atoms with van der Waals surface area (Å²) in [5, 5.41) is 22.7. The minimum absolute atomic E-state index is 0.0261. The molecule has 2 aliphatic rings. The fraction of sp³-hybridized carbons (Fsp3) is 0.344. The van der Waals surface area contributed by atoms with Crippen LogP contribution in [-0.2, 0) is 20.0 Å². The van der Waals surface area contributed by atoms with Crippen molar-refractivity contribution in [2.75, 3.05) is 9.80 Å². The number of aromatic nitrogens is 1. The topological polar surface area (TPSA) is 127 Å². The van der Waals surface area contributed by atoms with Crippen molar-refractivity contribution in [3.63, 3.8) is 0 Å². The second-order valence-corrected chi connectivity index (χ2v) is 11.6. The smallest absolute Gasteiger partial charge is 0.252 e. The van der Waals surface area contributed by atoms with Crippen LogP contribution < -0.4 is 15.1 Å². The summed E-state index contributed by atoms with van der Waals surface area (Å²) in [5.41, 5.74) is -1.01. The standard InChI is InChI=1S/C32H30F3N5O4/c1-31(2,44)21-13-22(33)15-24(14-21)39(28(20-6-4-3-5-7-20)29(42)38-23-16-32(34,35)17-23)30(43)25-8-9-27(41)40(25)26-12-19(18-36)10-11-37-26/h3-7,10-15,23,25,28,44H,8-9,16-17H2,1-2H3,(H,38,42). The number of benzene rings is 2. The highest BCUT2D eigenvalue weighted by Crippen LogP contribution is 2.39. The maximum absolute atomic E-state index is 15.1. The Morgan fingerprint density at radius 3 is 2.50 bits per heavy atom. The molecule has 228 valence electrons. The average Bonchev–Trinajstić information content (AvgIpc) is 3.35. The molecule has 2 unspecified atom stereocenters. The summed E-state index contributed by atoms with van der Waals surface area (Å²) >= 11 is 0. The Labute approximate surface area is 251 Å². The Bertz CT molecular complexity index is 1630. The second-order valence-electron chi connectivity index (χ2n) is 11.6. The molecule has 2 aromatic carbocycles. The van der Waals surface area contributed by atoms with Crippen LogP contribution in [0.5, 0.6) is 0 Å². The monoisotopic (exact) mass is 605 g/mol. The fourth-order valence-electron chi connectivity index (χ4n) is 5.55. The summed E-state index contributed by atoms with van der Waals surface area (Å²) in [5.74, 6) is -5.66. The van der Waals surface area contributed by atoms with E-state index in [4.69, 9.17) is 0 Å². The van der Waals surface area contributed by atoms with E-state index in [1.54, 1.807) is 30.3 Å². The Hall–Kier alpha value is -4.76. The van der Waals surface area contributed by atoms with Gasteiger partial charge < -0.3 is 10.4 Å². The first-order chi connectivity index (χ1) is 20.8. The second kappa shape index (κ2) is 11.7. The van der Waals surface area contributed by atoms with E-state index in [9.17, 15) is 33.5 Å². The Kier molecular flexibility index (Phi) is 8.18. The number of amides is 3. The Balaban J connectivity index is 1.65. The van der Waals surface area contributed by atoms with Gasteiger partial charge in [0.2, 0.25) is 11.8 Å². The van der Waals surface area contributed by atoms with Crippen LogP contribution in [0.4, 0.5) is 24.7 Å². The summed E-state index contributed by atoms with van der Waals surface area (Å²) < 4.78 is 42.5. The van der Waals surface area contributed by atoms with Crippen LogP contribution in [0.1, 0.15) is 62.3 Å². The largest absolute Gasteiger partial charge is 0.386 e. The predicted molar refractivity (Wildman–Crippen MR) is 154 cm³/mol. The molecule has 0 spiro atoms. The molecule has 0 radical (unpaired) electrons. The lowest BCUT2D eigenvalue weighted by atomic mass is 9.87. The van der Waals surface area contributed by atoms with Crippen LogP contribution >= 0.6 is 0 Å². The first kappa shape index (κ1) is 30.7. The number of pyridine rings is 1. The molecule has 2 fully saturated rings. The summed E-state index contributed by atoms with van der Waals surface area (Å²) in [6.07, 6.45) is 0.180. The maximum Gasteiger partial charge on any atom is 0.252 e. The summed E-state index contributed by atoms with van der Waals surface area (Å²) in [7, 11) is 0. The minimum Gasteiger partial charge on any atom is -0.386 e. The van der Waals surface area contributed by atoms with Gasteiger partial charge in [-0.25, -0.2) is 18.2 Å². The lowest BCUT2D eigenvalue weighted by molar-refractivity contribution is -0.133. The van der Waals surface area contributed by atoms with E-state index in [0.717, 1.165) is 21.9 Å². The van der Waals surface area contributed by atoms with E-state index < -0.39 is 66.0 Å². The zero-order valence-electron chi connectivity index (χ0n) is 24.0. The number of aliphatic hydroxyl groups is 1. The number of hydrogen-bond donors (Lipinski definition) is 2. The van der Waals surface area contributed by atoms with Gasteiger partial charge in [-0.05, 0) is 61.7 Å². The third kappa shape index (κ3) is 6.28. The van der Waals surface area contributed by atoms with E-state index in [2.05, 4.69) is 10.3 Å². The highest BCUT2D eigenvalue weighted by Gasteiger charge is 2.48. The number of rotatable bonds is 8. The van der Waals surface area contributed by atoms with Gasteiger partial charge in [0.25, 0.3) is 11.8 Å². The van der Waals surface area contributed by atoms with Crippen molar-refractivity contribution in [1.82, 2.24) is 10.3 Å². The van der Waals surface area contributed by atoms with Crippen molar-refractivity contribution >= 4 is 29.2 Å². The highest BCUT2D eigenvalue weighted by atomic mass is 19.3. The first-order valence-corrected chi connectivity index (χ1v) is 14.1. The van der Waals surface area contributed by atoms with Crippen LogP contribution in [0.3, 0.4) is 0 Å². The Morgan fingerprint density at radius 1 is 1.16 bits per heavy atom. The minimum atomic E-state index is -2.92. The van der Waals surface area contributed by atoms with Crippen LogP contribution in [0.25, 0.3) is 0 Å². The number of hydrogen-bond acceptors (Lipinski definition) is 6. The van der Waals surface area contributed by atoms with Gasteiger partial charge in [0.15, 0.2) is 0 Å². The molecule has 2 atom stereocenters. The van der Waals surface area contributed by atoms with Crippen molar-refractivity contribution in [3.05, 3.63) is 89.4 Å². The maximum atomic E-state index is 15.1. The molecular weight excluding hydrogens is 575 g/mol. The molecule has 9 nitrogen and oxygen atoms in total. The van der Waals surface area contributed by atoms with E-state index in [-0.39, 0.29) is 35.5 Å². The SMILES string of the molecule is CC(C)(O)c1cc(F)cc(N(C(=O)C2CCC(=O)N2c2cc(C#N)ccn2)C(C(=O)NC2CC(F)(F)C2)c2ccccc2)c1. The normalized spacial score (nSPS) is 18.7. The number of nitriles is 1. The fourth-order valence-corrected chi connectivity index (χ4v) is 5.55. The molecule has 1 aliphatic heterocycles. The van der Waals surface area contributed by atoms with Crippen molar-refractivity contribution in [1.29, 1.82) is 5.26 Å².